The maximum atomic E-state index is 10.6. The summed E-state index contributed by atoms with van der Waals surface area (Å²) in [7, 11) is 1.51. The van der Waals surface area contributed by atoms with Gasteiger partial charge < -0.3 is 24.7 Å². The molecule has 1 N–H and O–H groups in total. The summed E-state index contributed by atoms with van der Waals surface area (Å²) in [4.78, 5) is 10.6. The quantitative estimate of drug-likeness (QED) is 0.754. The van der Waals surface area contributed by atoms with Gasteiger partial charge in [0.2, 0.25) is 0 Å². The second kappa shape index (κ2) is 7.42. The fraction of sp³-hybridized carbons (Fsp3) is 0.462. The number of ether oxygens (including phenoxy) is 2. The Hall–Kier alpha value is -1.91. The molecule has 0 spiro atoms. The highest BCUT2D eigenvalue weighted by Crippen LogP contribution is 2.35. The average Bonchev–Trinajstić information content (AvgIpc) is 2.35. The molecule has 0 saturated carbocycles. The van der Waals surface area contributed by atoms with Crippen LogP contribution in [0.1, 0.15) is 26.2 Å². The van der Waals surface area contributed by atoms with Gasteiger partial charge in [-0.1, -0.05) is 25.8 Å². The van der Waals surface area contributed by atoms with Crippen molar-refractivity contribution in [1.82, 2.24) is 0 Å². The maximum Gasteiger partial charge on any atom is 0.184 e. The van der Waals surface area contributed by atoms with Crippen molar-refractivity contribution in [2.75, 3.05) is 19.0 Å². The number of nitrogens with one attached hydrogen (secondary N) is 1. The van der Waals surface area contributed by atoms with E-state index in [4.69, 9.17) is 9.47 Å². The second-order valence-corrected chi connectivity index (χ2v) is 3.80. The van der Waals surface area contributed by atoms with E-state index in [0.717, 1.165) is 19.3 Å². The molecule has 0 aliphatic rings. The van der Waals surface area contributed by atoms with E-state index in [1.165, 1.54) is 7.11 Å². The zero-order valence-electron chi connectivity index (χ0n) is 10.7. The lowest BCUT2D eigenvalue weighted by Gasteiger charge is -2.16. The first-order valence-electron chi connectivity index (χ1n) is 5.96. The number of carboxylic acid groups (broad SMARTS) is 1. The Labute approximate surface area is 107 Å². The zero-order chi connectivity index (χ0) is 13.4. The topological polar surface area (TPSA) is 70.6 Å². The fourth-order valence-electron chi connectivity index (χ4n) is 1.56. The second-order valence-electron chi connectivity index (χ2n) is 3.80. The summed E-state index contributed by atoms with van der Waals surface area (Å²) in [6, 6.07) is 5.01. The van der Waals surface area contributed by atoms with E-state index >= 15 is 0 Å². The minimum absolute atomic E-state index is 0.339. The summed E-state index contributed by atoms with van der Waals surface area (Å²) in [5, 5.41) is 12.8. The van der Waals surface area contributed by atoms with Gasteiger partial charge in [0.15, 0.2) is 11.5 Å². The normalized spacial score (nSPS) is 9.89. The third-order valence-corrected chi connectivity index (χ3v) is 2.43. The molecule has 0 saturated heterocycles. The summed E-state index contributed by atoms with van der Waals surface area (Å²) in [6.07, 6.45) is 1.71. The van der Waals surface area contributed by atoms with Crippen molar-refractivity contribution in [2.45, 2.75) is 26.2 Å². The van der Waals surface area contributed by atoms with Crippen LogP contribution in [-0.2, 0) is 0 Å². The largest absolute Gasteiger partial charge is 0.530 e. The Bertz CT molecular complexity index is 393. The minimum atomic E-state index is -1.37. The van der Waals surface area contributed by atoms with Gasteiger partial charge in [0.1, 0.15) is 6.09 Å². The van der Waals surface area contributed by atoms with E-state index < -0.39 is 6.09 Å². The lowest BCUT2D eigenvalue weighted by Crippen LogP contribution is -2.29. The Balaban J connectivity index is 2.79. The van der Waals surface area contributed by atoms with Crippen LogP contribution in [-0.4, -0.2) is 19.8 Å². The summed E-state index contributed by atoms with van der Waals surface area (Å²) < 4.78 is 10.7. The molecule has 0 heterocycles. The molecule has 1 aromatic carbocycles. The Kier molecular flexibility index (Phi) is 5.84. The fourth-order valence-corrected chi connectivity index (χ4v) is 1.56. The number of hydrogen-bond acceptors (Lipinski definition) is 4. The lowest BCUT2D eigenvalue weighted by molar-refractivity contribution is -0.242. The van der Waals surface area contributed by atoms with E-state index in [2.05, 4.69) is 12.2 Å². The summed E-state index contributed by atoms with van der Waals surface area (Å²) in [6.45, 7) is 2.63. The van der Waals surface area contributed by atoms with Crippen molar-refractivity contribution >= 4 is 11.8 Å². The predicted molar refractivity (Wildman–Crippen MR) is 67.0 cm³/mol. The molecule has 5 heteroatoms. The van der Waals surface area contributed by atoms with E-state index in [1.54, 1.807) is 18.2 Å². The summed E-state index contributed by atoms with van der Waals surface area (Å²) in [5.74, 6) is 0.901. The van der Waals surface area contributed by atoms with E-state index in [-0.39, 0.29) is 0 Å². The van der Waals surface area contributed by atoms with Gasteiger partial charge in [-0.05, 0) is 18.6 Å². The first kappa shape index (κ1) is 14.2. The average molecular weight is 252 g/mol. The highest BCUT2D eigenvalue weighted by molar-refractivity contribution is 5.84. The number of hydrogen-bond donors (Lipinski definition) is 1. The third kappa shape index (κ3) is 4.16. The van der Waals surface area contributed by atoms with Crippen molar-refractivity contribution in [1.29, 1.82) is 0 Å². The Morgan fingerprint density at radius 3 is 2.78 bits per heavy atom. The SMILES string of the molecule is CCCCCOc1c(NC(=O)[O-])cccc1OC. The van der Waals surface area contributed by atoms with Gasteiger partial charge >= 0.3 is 0 Å². The highest BCUT2D eigenvalue weighted by Gasteiger charge is 2.10. The van der Waals surface area contributed by atoms with E-state index in [9.17, 15) is 9.90 Å². The van der Waals surface area contributed by atoms with Gasteiger partial charge in [0.05, 0.1) is 19.4 Å². The molecule has 5 nitrogen and oxygen atoms in total. The number of amides is 1. The molecule has 0 aliphatic carbocycles. The number of unbranched alkanes of at least 4 members (excludes halogenated alkanes) is 2. The van der Waals surface area contributed by atoms with Gasteiger partial charge in [-0.15, -0.1) is 0 Å². The van der Waals surface area contributed by atoms with Crippen molar-refractivity contribution in [3.05, 3.63) is 18.2 Å². The van der Waals surface area contributed by atoms with Crippen LogP contribution in [0.5, 0.6) is 11.5 Å². The first-order valence-corrected chi connectivity index (χ1v) is 5.96. The maximum absolute atomic E-state index is 10.6. The highest BCUT2D eigenvalue weighted by atomic mass is 16.5. The Morgan fingerprint density at radius 2 is 2.17 bits per heavy atom. The van der Waals surface area contributed by atoms with Crippen LogP contribution in [0.3, 0.4) is 0 Å². The molecular formula is C13H18NO4-. The predicted octanol–water partition coefficient (Wildman–Crippen LogP) is 2.02. The van der Waals surface area contributed by atoms with Crippen LogP contribution in [0.2, 0.25) is 0 Å². The molecule has 0 aromatic heterocycles. The molecule has 1 aromatic rings. The van der Waals surface area contributed by atoms with E-state index in [1.807, 2.05) is 0 Å². The van der Waals surface area contributed by atoms with Crippen LogP contribution in [0, 0.1) is 0 Å². The van der Waals surface area contributed by atoms with Crippen molar-refractivity contribution < 1.29 is 19.4 Å². The molecule has 0 unspecified atom stereocenters. The monoisotopic (exact) mass is 252 g/mol. The molecule has 0 fully saturated rings. The molecule has 1 rings (SSSR count). The number of para-hydroxylation sites is 1. The molecular weight excluding hydrogens is 234 g/mol. The summed E-state index contributed by atoms with van der Waals surface area (Å²) in [5.41, 5.74) is 0.339. The van der Waals surface area contributed by atoms with E-state index in [0.29, 0.717) is 23.8 Å². The lowest BCUT2D eigenvalue weighted by atomic mass is 10.2. The molecule has 1 amide bonds. The van der Waals surface area contributed by atoms with Crippen LogP contribution in [0.25, 0.3) is 0 Å². The van der Waals surface area contributed by atoms with Crippen LogP contribution < -0.4 is 19.9 Å². The molecule has 18 heavy (non-hydrogen) atoms. The molecule has 0 aliphatic heterocycles. The standard InChI is InChI=1S/C13H19NO4/c1-3-4-5-9-18-12-10(14-13(15)16)7-6-8-11(12)17-2/h6-8,14H,3-5,9H2,1-2H3,(H,15,16)/p-1. The number of methoxy groups -OCH3 is 1. The molecule has 0 atom stereocenters. The van der Waals surface area contributed by atoms with Crippen molar-refractivity contribution in [3.63, 3.8) is 0 Å². The van der Waals surface area contributed by atoms with Gasteiger partial charge in [0.25, 0.3) is 0 Å². The Morgan fingerprint density at radius 1 is 1.39 bits per heavy atom. The van der Waals surface area contributed by atoms with Crippen LogP contribution in [0.4, 0.5) is 10.5 Å². The van der Waals surface area contributed by atoms with Crippen molar-refractivity contribution in [2.24, 2.45) is 0 Å². The number of benzene rings is 1. The van der Waals surface area contributed by atoms with Gasteiger partial charge in [-0.3, -0.25) is 0 Å². The minimum Gasteiger partial charge on any atom is -0.530 e. The van der Waals surface area contributed by atoms with Gasteiger partial charge in [0, 0.05) is 0 Å². The van der Waals surface area contributed by atoms with Gasteiger partial charge in [-0.25, -0.2) is 0 Å². The van der Waals surface area contributed by atoms with Crippen LogP contribution in [0.15, 0.2) is 18.2 Å². The molecule has 0 bridgehead atoms. The zero-order valence-corrected chi connectivity index (χ0v) is 10.7. The number of carbonyl (C=O) groups excluding carboxylic acids is 1. The number of rotatable bonds is 7. The molecule has 100 valence electrons. The summed E-state index contributed by atoms with van der Waals surface area (Å²) >= 11 is 0. The first-order chi connectivity index (χ1) is 8.69. The molecule has 0 radical (unpaired) electrons. The smallest absolute Gasteiger partial charge is 0.184 e. The number of anilines is 1. The van der Waals surface area contributed by atoms with Gasteiger partial charge in [-0.2, -0.15) is 0 Å². The third-order valence-electron chi connectivity index (χ3n) is 2.43. The van der Waals surface area contributed by atoms with Crippen LogP contribution >= 0.6 is 0 Å². The van der Waals surface area contributed by atoms with Crippen molar-refractivity contribution in [3.8, 4) is 11.5 Å². The number of carbonyl (C=O) groups is 1.